The van der Waals surface area contributed by atoms with E-state index in [9.17, 15) is 69.6 Å². The van der Waals surface area contributed by atoms with Gasteiger partial charge in [-0.3, -0.25) is 24.2 Å². The lowest BCUT2D eigenvalue weighted by Crippen LogP contribution is -2.60. The molecule has 2 amide bonds. The van der Waals surface area contributed by atoms with Crippen LogP contribution in [0.15, 0.2) is 81.2 Å². The van der Waals surface area contributed by atoms with Crippen LogP contribution in [-0.4, -0.2) is 155 Å². The van der Waals surface area contributed by atoms with Gasteiger partial charge in [-0.25, -0.2) is 9.59 Å². The number of aliphatic carboxylic acids is 2. The summed E-state index contributed by atoms with van der Waals surface area (Å²) in [6, 6.07) is -0.738. The van der Waals surface area contributed by atoms with E-state index in [0.717, 1.165) is 0 Å². The molecule has 0 bridgehead atoms. The highest BCUT2D eigenvalue weighted by atomic mass is 16.7. The van der Waals surface area contributed by atoms with E-state index >= 15 is 0 Å². The molecule has 6 heterocycles. The minimum Gasteiger partial charge on any atom is -0.479 e. The van der Waals surface area contributed by atoms with Gasteiger partial charge in [0.25, 0.3) is 11.8 Å². The fourth-order valence-corrected chi connectivity index (χ4v) is 8.39. The lowest BCUT2D eigenvalue weighted by molar-refractivity contribution is -0.286. The van der Waals surface area contributed by atoms with Crippen molar-refractivity contribution in [1.29, 1.82) is 0 Å². The number of aromatic nitrogens is 1. The SMILES string of the molecule is C=CC1=C(C)C(=CC2=NC(Cc3[nH]c(C=C4NC(=O)C(C)=C4C=C)c(C)c3CCC(=O)O[C@H]3O[C@@H](C(=O)O)[C@H](O)[C@@H](O)[C@@H]3O)C(CCC(=O)O[C@@H]3O[C@H](C(=O)O)[C@@H](O)[C@H](O)[C@H]3O)=C2C)NC1=O. The van der Waals surface area contributed by atoms with Gasteiger partial charge in [0.1, 0.15) is 36.6 Å². The number of amides is 2. The smallest absolute Gasteiger partial charge is 0.335 e. The minimum absolute atomic E-state index is 0.0282. The number of carboxylic acids is 2. The highest BCUT2D eigenvalue weighted by Crippen LogP contribution is 2.35. The first kappa shape index (κ1) is 50.1. The number of nitrogens with one attached hydrogen (secondary N) is 3. The van der Waals surface area contributed by atoms with Crippen molar-refractivity contribution in [2.45, 2.75) is 127 Å². The number of ether oxygens (including phenoxy) is 4. The van der Waals surface area contributed by atoms with Crippen molar-refractivity contribution in [2.24, 2.45) is 4.99 Å². The number of nitrogens with zero attached hydrogens (tertiary/aromatic N) is 1. The van der Waals surface area contributed by atoms with Crippen molar-refractivity contribution in [3.63, 3.8) is 0 Å². The molecule has 0 radical (unpaired) electrons. The number of H-pyrrole nitrogens is 1. The second-order valence-electron chi connectivity index (χ2n) is 16.5. The number of carbonyl (C=O) groups excluding carboxylic acids is 4. The summed E-state index contributed by atoms with van der Waals surface area (Å²) in [5.41, 5.74) is 6.69. The Labute approximate surface area is 382 Å². The number of esters is 2. The van der Waals surface area contributed by atoms with E-state index in [4.69, 9.17) is 23.9 Å². The summed E-state index contributed by atoms with van der Waals surface area (Å²) in [4.78, 5) is 83.6. The summed E-state index contributed by atoms with van der Waals surface area (Å²) < 4.78 is 20.7. The standard InChI is InChI=1S/C45H52N4O18/c1-7-20-19(6)40(58)49-27(20)14-25-18(5)23(10-12-31(51)65-45-37(57)33(53)35(55)39(67-45)43(62)63)29(47-25)15-28-22(17(4)24(46-28)13-26-16(3)21(8-2)41(59)48-26)9-11-30(50)64-44-36(56)32(52)34(54)38(66-44)42(60)61/h7-8,13-14,28,32-39,44-45,47,52-57H,1-2,9-12,15H2,3-6H3,(H,48,59)(H,49,58)(H,60,61)(H,62,63)/t28?,32-,33+,34-,35+,36+,37-,38-,39+,44+,45-/m0/s1. The van der Waals surface area contributed by atoms with Gasteiger partial charge in [0.05, 0.1) is 17.5 Å². The van der Waals surface area contributed by atoms with Gasteiger partial charge in [-0.1, -0.05) is 25.3 Å². The summed E-state index contributed by atoms with van der Waals surface area (Å²) in [7, 11) is 0. The monoisotopic (exact) mass is 936 g/mol. The molecule has 2 saturated heterocycles. The topological polar surface area (TPSA) is 353 Å². The van der Waals surface area contributed by atoms with Crippen molar-refractivity contribution in [1.82, 2.24) is 15.6 Å². The van der Waals surface area contributed by atoms with Gasteiger partial charge in [-0.15, -0.1) is 0 Å². The van der Waals surface area contributed by atoms with Gasteiger partial charge in [0.15, 0.2) is 12.2 Å². The number of aromatic amines is 1. The number of carboxylic acid groups (broad SMARTS) is 2. The van der Waals surface area contributed by atoms with Crippen LogP contribution in [-0.2, 0) is 60.6 Å². The number of aliphatic hydroxyl groups excluding tert-OH is 6. The normalized spacial score (nSPS) is 31.0. The van der Waals surface area contributed by atoms with Gasteiger partial charge in [-0.05, 0) is 80.5 Å². The Hall–Kier alpha value is -6.37. The first-order chi connectivity index (χ1) is 31.6. The van der Waals surface area contributed by atoms with Crippen LogP contribution in [0.1, 0.15) is 62.5 Å². The van der Waals surface area contributed by atoms with Crippen LogP contribution in [0.3, 0.4) is 0 Å². The number of aliphatic hydroxyl groups is 6. The first-order valence-electron chi connectivity index (χ1n) is 21.0. The number of carbonyl (C=O) groups is 6. The van der Waals surface area contributed by atoms with Crippen molar-refractivity contribution < 1.29 is 88.6 Å². The fraction of sp³-hybridized carbons (Fsp3) is 0.444. The molecule has 11 atom stereocenters. The molecule has 0 aromatic carbocycles. The number of rotatable bonds is 16. The average Bonchev–Trinajstić information content (AvgIpc) is 3.93. The maximum absolute atomic E-state index is 13.3. The third kappa shape index (κ3) is 10.2. The largest absolute Gasteiger partial charge is 0.479 e. The summed E-state index contributed by atoms with van der Waals surface area (Å²) >= 11 is 0. The number of hydrogen-bond acceptors (Lipinski definition) is 17. The Kier molecular flexibility index (Phi) is 15.1. The molecule has 6 rings (SSSR count). The highest BCUT2D eigenvalue weighted by molar-refractivity contribution is 6.13. The molecule has 0 spiro atoms. The van der Waals surface area contributed by atoms with Crippen molar-refractivity contribution in [2.75, 3.05) is 0 Å². The van der Waals surface area contributed by atoms with E-state index in [1.807, 2.05) is 0 Å². The van der Waals surface area contributed by atoms with Gasteiger partial charge >= 0.3 is 23.9 Å². The zero-order chi connectivity index (χ0) is 49.3. The molecule has 2 fully saturated rings. The molecule has 360 valence electrons. The zero-order valence-corrected chi connectivity index (χ0v) is 36.7. The third-order valence-electron chi connectivity index (χ3n) is 12.3. The third-order valence-corrected chi connectivity index (χ3v) is 12.3. The van der Waals surface area contributed by atoms with E-state index in [2.05, 4.69) is 28.8 Å². The lowest BCUT2D eigenvalue weighted by Gasteiger charge is -2.37. The van der Waals surface area contributed by atoms with Gasteiger partial charge < -0.3 is 75.4 Å². The number of allylic oxidation sites excluding steroid dienone is 4. The summed E-state index contributed by atoms with van der Waals surface area (Å²) in [5, 5.41) is 86.0. The van der Waals surface area contributed by atoms with Crippen LogP contribution in [0.4, 0.5) is 0 Å². The molecule has 0 aliphatic carbocycles. The molecule has 67 heavy (non-hydrogen) atoms. The first-order valence-corrected chi connectivity index (χ1v) is 21.0. The quantitative estimate of drug-likeness (QED) is 0.0893. The second kappa shape index (κ2) is 20.2. The van der Waals surface area contributed by atoms with Crippen LogP contribution < -0.4 is 10.6 Å². The maximum atomic E-state index is 13.3. The maximum Gasteiger partial charge on any atom is 0.335 e. The molecule has 22 nitrogen and oxygen atoms in total. The molecule has 1 unspecified atom stereocenters. The van der Waals surface area contributed by atoms with E-state index < -0.39 is 91.3 Å². The Balaban J connectivity index is 1.32. The second-order valence-corrected chi connectivity index (χ2v) is 16.5. The summed E-state index contributed by atoms with van der Waals surface area (Å²) in [6.07, 6.45) is -14.3. The number of aliphatic imine (C=N–C) groups is 1. The van der Waals surface area contributed by atoms with Gasteiger partial charge in [-0.2, -0.15) is 0 Å². The molecule has 5 aliphatic rings. The summed E-state index contributed by atoms with van der Waals surface area (Å²) in [6.45, 7) is 14.4. The van der Waals surface area contributed by atoms with Crippen LogP contribution in [0, 0.1) is 6.92 Å². The van der Waals surface area contributed by atoms with Crippen molar-refractivity contribution >= 4 is 47.5 Å². The predicted octanol–water partition coefficient (Wildman–Crippen LogP) is -0.922. The van der Waals surface area contributed by atoms with Crippen LogP contribution >= 0.6 is 0 Å². The fourth-order valence-electron chi connectivity index (χ4n) is 8.39. The molecular formula is C45H52N4O18. The molecule has 5 aliphatic heterocycles. The molecule has 1 aromatic heterocycles. The van der Waals surface area contributed by atoms with Gasteiger partial charge in [0, 0.05) is 53.1 Å². The Morgan fingerprint density at radius 3 is 1.70 bits per heavy atom. The lowest BCUT2D eigenvalue weighted by atomic mass is 9.93. The van der Waals surface area contributed by atoms with Crippen LogP contribution in [0.5, 0.6) is 0 Å². The number of hydrogen-bond donors (Lipinski definition) is 11. The minimum atomic E-state index is -2.01. The average molecular weight is 937 g/mol. The van der Waals surface area contributed by atoms with Gasteiger partial charge in [0.2, 0.25) is 12.6 Å². The summed E-state index contributed by atoms with van der Waals surface area (Å²) in [5.74, 6) is -5.97. The molecule has 1 aromatic rings. The Morgan fingerprint density at radius 1 is 0.672 bits per heavy atom. The van der Waals surface area contributed by atoms with E-state index in [0.29, 0.717) is 73.1 Å². The highest BCUT2D eigenvalue weighted by Gasteiger charge is 2.50. The van der Waals surface area contributed by atoms with E-state index in [1.165, 1.54) is 12.2 Å². The Morgan fingerprint density at radius 2 is 1.19 bits per heavy atom. The predicted molar refractivity (Wildman–Crippen MR) is 230 cm³/mol. The molecule has 11 N–H and O–H groups in total. The van der Waals surface area contributed by atoms with E-state index in [-0.39, 0.29) is 43.9 Å². The zero-order valence-electron chi connectivity index (χ0n) is 36.7. The molecular weight excluding hydrogens is 885 g/mol. The van der Waals surface area contributed by atoms with Crippen molar-refractivity contribution in [3.05, 3.63) is 98.7 Å². The van der Waals surface area contributed by atoms with Crippen LogP contribution in [0.2, 0.25) is 0 Å². The van der Waals surface area contributed by atoms with Crippen LogP contribution in [0.25, 0.3) is 6.08 Å². The van der Waals surface area contributed by atoms with E-state index in [1.54, 1.807) is 39.8 Å². The van der Waals surface area contributed by atoms with Crippen molar-refractivity contribution in [3.8, 4) is 0 Å². The molecule has 0 saturated carbocycles. The Bertz CT molecular complexity index is 2470. The molecule has 22 heteroatoms.